The van der Waals surface area contributed by atoms with Crippen molar-refractivity contribution >= 4 is 17.1 Å². The fourth-order valence-corrected chi connectivity index (χ4v) is 1.51. The maximum Gasteiger partial charge on any atom is 0.104 e. The van der Waals surface area contributed by atoms with Crippen LogP contribution in [0.25, 0.3) is 17.1 Å². The molecule has 2 aromatic rings. The van der Waals surface area contributed by atoms with E-state index in [-0.39, 0.29) is 0 Å². The maximum absolute atomic E-state index is 8.40. The number of aryl methyl sites for hydroxylation is 1. The molecule has 1 N–H and O–H groups in total. The molecule has 0 saturated carbocycles. The largest absolute Gasteiger partial charge is 0.342 e. The summed E-state index contributed by atoms with van der Waals surface area (Å²) in [6, 6.07) is 8.08. The molecule has 0 aliphatic carbocycles. The summed E-state index contributed by atoms with van der Waals surface area (Å²) in [4.78, 5) is 7.50. The Morgan fingerprint density at radius 1 is 1.53 bits per heavy atom. The minimum absolute atomic E-state index is 0.444. The molecule has 0 unspecified atom stereocenters. The van der Waals surface area contributed by atoms with Crippen LogP contribution in [-0.4, -0.2) is 9.97 Å². The highest BCUT2D eigenvalue weighted by Crippen LogP contribution is 2.14. The summed E-state index contributed by atoms with van der Waals surface area (Å²) in [5.41, 5.74) is 3.10. The minimum atomic E-state index is 0.444. The molecule has 1 heterocycles. The van der Waals surface area contributed by atoms with E-state index in [2.05, 4.69) is 16.0 Å². The van der Waals surface area contributed by atoms with Crippen molar-refractivity contribution in [3.63, 3.8) is 0 Å². The van der Waals surface area contributed by atoms with Gasteiger partial charge in [0.05, 0.1) is 23.5 Å². The van der Waals surface area contributed by atoms with Gasteiger partial charge >= 0.3 is 0 Å². The van der Waals surface area contributed by atoms with E-state index in [1.54, 1.807) is 0 Å². The molecule has 0 bridgehead atoms. The zero-order valence-electron chi connectivity index (χ0n) is 8.49. The van der Waals surface area contributed by atoms with Crippen molar-refractivity contribution in [3.05, 3.63) is 35.7 Å². The van der Waals surface area contributed by atoms with Crippen LogP contribution >= 0.6 is 0 Å². The number of aromatic amines is 1. The third-order valence-electron chi connectivity index (χ3n) is 2.14. The van der Waals surface area contributed by atoms with E-state index in [4.69, 9.17) is 5.26 Å². The lowest BCUT2D eigenvalue weighted by molar-refractivity contribution is 1.17. The molecule has 0 saturated heterocycles. The molecule has 3 heteroatoms. The highest BCUT2D eigenvalue weighted by molar-refractivity contribution is 5.78. The number of allylic oxidation sites excluding steroid dienone is 1. The van der Waals surface area contributed by atoms with Crippen LogP contribution in [0.2, 0.25) is 0 Å². The van der Waals surface area contributed by atoms with E-state index in [9.17, 15) is 0 Å². The number of nitrogens with zero attached hydrogens (tertiary/aromatic N) is 2. The molecule has 2 rings (SSSR count). The van der Waals surface area contributed by atoms with Gasteiger partial charge in [-0.15, -0.1) is 0 Å². The van der Waals surface area contributed by atoms with Crippen molar-refractivity contribution in [1.82, 2.24) is 9.97 Å². The molecule has 0 aliphatic rings. The van der Waals surface area contributed by atoms with Gasteiger partial charge in [-0.25, -0.2) is 4.98 Å². The molecule has 74 valence electrons. The van der Waals surface area contributed by atoms with Crippen LogP contribution in [0.15, 0.2) is 24.3 Å². The van der Waals surface area contributed by atoms with Crippen LogP contribution in [0.4, 0.5) is 0 Å². The molecule has 15 heavy (non-hydrogen) atoms. The van der Waals surface area contributed by atoms with Crippen molar-refractivity contribution < 1.29 is 0 Å². The summed E-state index contributed by atoms with van der Waals surface area (Å²) in [6.07, 6.45) is 4.24. The number of nitrogens with one attached hydrogen (secondary N) is 1. The lowest BCUT2D eigenvalue weighted by Gasteiger charge is -1.92. The van der Waals surface area contributed by atoms with Crippen molar-refractivity contribution in [1.29, 1.82) is 5.26 Å². The second kappa shape index (κ2) is 3.97. The number of rotatable bonds is 2. The van der Waals surface area contributed by atoms with Crippen molar-refractivity contribution in [3.8, 4) is 6.07 Å². The van der Waals surface area contributed by atoms with Crippen LogP contribution in [-0.2, 0) is 0 Å². The molecule has 0 aliphatic heterocycles. The third kappa shape index (κ3) is 2.05. The molecule has 0 atom stereocenters. The maximum atomic E-state index is 8.40. The second-order valence-electron chi connectivity index (χ2n) is 3.36. The number of nitriles is 1. The standard InChI is InChI=1S/C12H11N3/c1-9-14-11-6-5-10(4-2-3-7-13)8-12(11)15-9/h2,4-6,8H,3H2,1H3,(H,14,15). The summed E-state index contributed by atoms with van der Waals surface area (Å²) >= 11 is 0. The van der Waals surface area contributed by atoms with Gasteiger partial charge in [0, 0.05) is 0 Å². The average Bonchev–Trinajstić information content (AvgIpc) is 2.57. The van der Waals surface area contributed by atoms with Gasteiger partial charge in [0.25, 0.3) is 0 Å². The predicted molar refractivity (Wildman–Crippen MR) is 60.1 cm³/mol. The van der Waals surface area contributed by atoms with Gasteiger partial charge in [0.2, 0.25) is 0 Å². The Kier molecular flexibility index (Phi) is 2.51. The topological polar surface area (TPSA) is 52.5 Å². The Labute approximate surface area is 88.1 Å². The SMILES string of the molecule is Cc1nc2ccc(C=CCC#N)cc2[nH]1. The lowest BCUT2D eigenvalue weighted by Crippen LogP contribution is -1.73. The Balaban J connectivity index is 2.34. The number of aromatic nitrogens is 2. The van der Waals surface area contributed by atoms with E-state index < -0.39 is 0 Å². The fourth-order valence-electron chi connectivity index (χ4n) is 1.51. The predicted octanol–water partition coefficient (Wildman–Crippen LogP) is 2.80. The van der Waals surface area contributed by atoms with Gasteiger partial charge < -0.3 is 4.98 Å². The first-order chi connectivity index (χ1) is 7.29. The van der Waals surface area contributed by atoms with Crippen LogP contribution < -0.4 is 0 Å². The van der Waals surface area contributed by atoms with E-state index in [0.717, 1.165) is 22.4 Å². The Bertz CT molecular complexity index is 543. The molecule has 0 spiro atoms. The van der Waals surface area contributed by atoms with Gasteiger partial charge in [0.1, 0.15) is 5.82 Å². The van der Waals surface area contributed by atoms with Crippen LogP contribution in [0, 0.1) is 18.3 Å². The second-order valence-corrected chi connectivity index (χ2v) is 3.36. The number of fused-ring (bicyclic) bond motifs is 1. The molecule has 3 nitrogen and oxygen atoms in total. The van der Waals surface area contributed by atoms with E-state index >= 15 is 0 Å². The zero-order valence-corrected chi connectivity index (χ0v) is 8.49. The van der Waals surface area contributed by atoms with Gasteiger partial charge in [-0.3, -0.25) is 0 Å². The van der Waals surface area contributed by atoms with Crippen molar-refractivity contribution in [2.45, 2.75) is 13.3 Å². The summed E-state index contributed by atoms with van der Waals surface area (Å²) < 4.78 is 0. The van der Waals surface area contributed by atoms with E-state index in [0.29, 0.717) is 6.42 Å². The first-order valence-electron chi connectivity index (χ1n) is 4.79. The average molecular weight is 197 g/mol. The molecule has 0 amide bonds. The highest BCUT2D eigenvalue weighted by atomic mass is 14.9. The minimum Gasteiger partial charge on any atom is -0.342 e. The third-order valence-corrected chi connectivity index (χ3v) is 2.14. The number of benzene rings is 1. The fraction of sp³-hybridized carbons (Fsp3) is 0.167. The molecular formula is C12H11N3. The number of H-pyrrole nitrogens is 1. The Morgan fingerprint density at radius 2 is 2.40 bits per heavy atom. The zero-order chi connectivity index (χ0) is 10.7. The van der Waals surface area contributed by atoms with E-state index in [1.165, 1.54) is 0 Å². The monoisotopic (exact) mass is 197 g/mol. The first-order valence-corrected chi connectivity index (χ1v) is 4.79. The normalized spacial score (nSPS) is 10.9. The van der Waals surface area contributed by atoms with Gasteiger partial charge in [-0.2, -0.15) is 5.26 Å². The number of imidazole rings is 1. The smallest absolute Gasteiger partial charge is 0.104 e. The lowest BCUT2D eigenvalue weighted by atomic mass is 10.2. The summed E-state index contributed by atoms with van der Waals surface area (Å²) in [5, 5.41) is 8.40. The number of hydrogen-bond acceptors (Lipinski definition) is 2. The van der Waals surface area contributed by atoms with Gasteiger partial charge in [-0.05, 0) is 24.6 Å². The van der Waals surface area contributed by atoms with Crippen LogP contribution in [0.3, 0.4) is 0 Å². The molecule has 1 aromatic carbocycles. The van der Waals surface area contributed by atoms with Crippen molar-refractivity contribution in [2.75, 3.05) is 0 Å². The molecule has 0 fully saturated rings. The summed E-state index contributed by atoms with van der Waals surface area (Å²) in [7, 11) is 0. The van der Waals surface area contributed by atoms with Crippen molar-refractivity contribution in [2.24, 2.45) is 0 Å². The quantitative estimate of drug-likeness (QED) is 0.804. The molecule has 0 radical (unpaired) electrons. The number of hydrogen-bond donors (Lipinski definition) is 1. The highest BCUT2D eigenvalue weighted by Gasteiger charge is 1.98. The Morgan fingerprint density at radius 3 is 3.20 bits per heavy atom. The van der Waals surface area contributed by atoms with E-state index in [1.807, 2.05) is 37.3 Å². The van der Waals surface area contributed by atoms with Gasteiger partial charge in [0.15, 0.2) is 0 Å². The van der Waals surface area contributed by atoms with Gasteiger partial charge in [-0.1, -0.05) is 18.2 Å². The summed E-state index contributed by atoms with van der Waals surface area (Å²) in [6.45, 7) is 1.94. The molecular weight excluding hydrogens is 186 g/mol. The van der Waals surface area contributed by atoms with Crippen LogP contribution in [0.1, 0.15) is 17.8 Å². The molecule has 1 aromatic heterocycles. The van der Waals surface area contributed by atoms with Crippen LogP contribution in [0.5, 0.6) is 0 Å². The Hall–Kier alpha value is -2.08. The summed E-state index contributed by atoms with van der Waals surface area (Å²) in [5.74, 6) is 0.920. The first kappa shape index (κ1) is 9.47.